The first-order valence-electron chi connectivity index (χ1n) is 14.4. The van der Waals surface area contributed by atoms with Crippen LogP contribution in [0.15, 0.2) is 108 Å². The molecular weight excluding hydrogens is 623 g/mol. The van der Waals surface area contributed by atoms with Gasteiger partial charge < -0.3 is 0 Å². The third-order valence-corrected chi connectivity index (χ3v) is 61.7. The van der Waals surface area contributed by atoms with E-state index in [-0.39, 0.29) is 7.25 Å². The fourth-order valence-corrected chi connectivity index (χ4v) is 40.4. The van der Waals surface area contributed by atoms with E-state index in [9.17, 15) is 0 Å². The molecule has 0 radical (unpaired) electrons. The number of hydrogen-bond acceptors (Lipinski definition) is 0. The van der Waals surface area contributed by atoms with E-state index in [0.29, 0.717) is 0 Å². The molecule has 0 amide bonds. The zero-order valence-corrected chi connectivity index (χ0v) is 28.9. The summed E-state index contributed by atoms with van der Waals surface area (Å²) >= 11 is -4.61. The van der Waals surface area contributed by atoms with Crippen LogP contribution in [0.5, 0.6) is 0 Å². The van der Waals surface area contributed by atoms with Gasteiger partial charge in [0.1, 0.15) is 0 Å². The fraction of sp³-hybridized carbons (Fsp3) is 0.222. The molecule has 2 atom stereocenters. The maximum absolute atomic E-state index is 8.37. The molecule has 40 heavy (non-hydrogen) atoms. The van der Waals surface area contributed by atoms with Crippen LogP contribution in [0.1, 0.15) is 65.6 Å². The average Bonchev–Trinajstić information content (AvgIpc) is 3.48. The van der Waals surface area contributed by atoms with Gasteiger partial charge in [0.05, 0.1) is 0 Å². The van der Waals surface area contributed by atoms with Crippen molar-refractivity contribution in [1.29, 1.82) is 0 Å². The molecule has 0 saturated heterocycles. The van der Waals surface area contributed by atoms with Gasteiger partial charge in [0.25, 0.3) is 0 Å². The van der Waals surface area contributed by atoms with E-state index in [1.54, 1.807) is 0 Å². The second-order valence-corrected chi connectivity index (χ2v) is 54.7. The zero-order valence-electron chi connectivity index (χ0n) is 23.8. The van der Waals surface area contributed by atoms with E-state index >= 15 is 0 Å². The molecule has 2 unspecified atom stereocenters. The molecule has 0 spiro atoms. The SMILES string of the molecule is CC1=Cc2c(Cc3ccccc3)cccc2[CH]1[Zr]([Cl])([Cl])([CH]1C(C)=Cc2c(Cc3ccccc3)cccc21)[SiH](C)C. The van der Waals surface area contributed by atoms with Gasteiger partial charge in [-0.05, 0) is 0 Å². The summed E-state index contributed by atoms with van der Waals surface area (Å²) in [6, 6.07) is 35.2. The standard InChI is InChI=1S/2C17H15.C2H7Si.2ClH.Zr/c2*1-13-10-15-8-5-9-16(17(15)11-13)12-14-6-3-2-4-7-14;1-3-2;;;/h2*2-11H,12H2,1H3;3H,1-2H3;2*1H;/q;;;;;+2/p-2. The number of halogens is 2. The first-order chi connectivity index (χ1) is 19.2. The quantitative estimate of drug-likeness (QED) is 0.173. The van der Waals surface area contributed by atoms with Gasteiger partial charge in [0.2, 0.25) is 0 Å². The van der Waals surface area contributed by atoms with Gasteiger partial charge in [-0.2, -0.15) is 0 Å². The van der Waals surface area contributed by atoms with Crippen molar-refractivity contribution in [1.82, 2.24) is 0 Å². The second-order valence-electron chi connectivity index (χ2n) is 12.2. The number of hydrogen-bond donors (Lipinski definition) is 0. The molecule has 4 aromatic rings. The monoisotopic (exact) mass is 657 g/mol. The van der Waals surface area contributed by atoms with Crippen molar-refractivity contribution in [3.63, 3.8) is 0 Å². The third kappa shape index (κ3) is 4.60. The van der Waals surface area contributed by atoms with Crippen molar-refractivity contribution >= 4 is 35.1 Å². The molecule has 0 nitrogen and oxygen atoms in total. The summed E-state index contributed by atoms with van der Waals surface area (Å²) in [4.78, 5) is 0. The minimum atomic E-state index is -4.61. The van der Waals surface area contributed by atoms with E-state index in [1.165, 1.54) is 55.7 Å². The third-order valence-electron chi connectivity index (χ3n) is 9.42. The van der Waals surface area contributed by atoms with Crippen LogP contribution in [0.4, 0.5) is 0 Å². The summed E-state index contributed by atoms with van der Waals surface area (Å²) in [6.07, 6.45) is 6.66. The van der Waals surface area contributed by atoms with Crippen LogP contribution in [-0.4, -0.2) is 5.92 Å². The normalized spacial score (nSPS) is 19.0. The van der Waals surface area contributed by atoms with Crippen molar-refractivity contribution in [3.05, 3.63) is 153 Å². The van der Waals surface area contributed by atoms with Gasteiger partial charge in [0, 0.05) is 0 Å². The van der Waals surface area contributed by atoms with Crippen molar-refractivity contribution in [2.24, 2.45) is 0 Å². The van der Waals surface area contributed by atoms with Crippen LogP contribution < -0.4 is 0 Å². The van der Waals surface area contributed by atoms with Gasteiger partial charge in [0.15, 0.2) is 0 Å². The predicted octanol–water partition coefficient (Wildman–Crippen LogP) is 10.5. The zero-order chi connectivity index (χ0) is 28.1. The summed E-state index contributed by atoms with van der Waals surface area (Å²) < 4.78 is 0.276. The summed E-state index contributed by atoms with van der Waals surface area (Å²) in [7, 11) is 16.7. The molecule has 0 heterocycles. The minimum absolute atomic E-state index is 0.138. The Morgan fingerprint density at radius 2 is 0.975 bits per heavy atom. The van der Waals surface area contributed by atoms with E-state index < -0.39 is 21.5 Å². The Morgan fingerprint density at radius 1 is 0.575 bits per heavy atom. The van der Waals surface area contributed by atoms with Gasteiger partial charge >= 0.3 is 250 Å². The van der Waals surface area contributed by atoms with E-state index in [0.717, 1.165) is 12.8 Å². The number of fused-ring (bicyclic) bond motifs is 2. The van der Waals surface area contributed by atoms with Crippen molar-refractivity contribution in [2.45, 2.75) is 47.0 Å². The number of allylic oxidation sites excluding steroid dienone is 2. The summed E-state index contributed by atoms with van der Waals surface area (Å²) in [6.45, 7) is 9.41. The molecule has 0 bridgehead atoms. The van der Waals surface area contributed by atoms with Crippen LogP contribution in [-0.2, 0) is 28.4 Å². The number of rotatable bonds is 7. The topological polar surface area (TPSA) is 0 Å². The first kappa shape index (κ1) is 28.2. The molecule has 4 aromatic carbocycles. The molecule has 2 aliphatic rings. The Labute approximate surface area is 248 Å². The summed E-state index contributed by atoms with van der Waals surface area (Å²) in [5.74, 6) is -1.53. The Bertz CT molecular complexity index is 1520. The van der Waals surface area contributed by atoms with Gasteiger partial charge in [-0.15, -0.1) is 0 Å². The van der Waals surface area contributed by atoms with Crippen molar-refractivity contribution < 1.29 is 15.6 Å². The number of benzene rings is 4. The second kappa shape index (κ2) is 10.7. The maximum atomic E-state index is 8.37. The molecular formula is C36H37Cl2SiZr. The Kier molecular flexibility index (Phi) is 7.54. The molecule has 203 valence electrons. The van der Waals surface area contributed by atoms with E-state index in [2.05, 4.69) is 136 Å². The van der Waals surface area contributed by atoms with Gasteiger partial charge in [-0.3, -0.25) is 0 Å². The first-order valence-corrected chi connectivity index (χ1v) is 30.7. The Balaban J connectivity index is 1.47. The van der Waals surface area contributed by atoms with Crippen LogP contribution in [0.25, 0.3) is 12.2 Å². The summed E-state index contributed by atoms with van der Waals surface area (Å²) in [5.41, 5.74) is 13.5. The van der Waals surface area contributed by atoms with Crippen LogP contribution in [0.2, 0.25) is 13.1 Å². The average molecular weight is 660 g/mol. The van der Waals surface area contributed by atoms with Crippen molar-refractivity contribution in [3.8, 4) is 0 Å². The van der Waals surface area contributed by atoms with Crippen LogP contribution >= 0.6 is 17.0 Å². The molecule has 0 aliphatic heterocycles. The molecule has 6 rings (SSSR count). The van der Waals surface area contributed by atoms with Crippen LogP contribution in [0.3, 0.4) is 0 Å². The van der Waals surface area contributed by atoms with E-state index in [1.807, 2.05) is 0 Å². The fourth-order valence-electron chi connectivity index (χ4n) is 7.47. The molecule has 0 fully saturated rings. The predicted molar refractivity (Wildman–Crippen MR) is 175 cm³/mol. The Hall–Kier alpha value is -1.96. The molecule has 0 aromatic heterocycles. The molecule has 0 saturated carbocycles. The van der Waals surface area contributed by atoms with Gasteiger partial charge in [-0.25, -0.2) is 0 Å². The van der Waals surface area contributed by atoms with Crippen molar-refractivity contribution in [2.75, 3.05) is 0 Å². The Morgan fingerprint density at radius 3 is 1.35 bits per heavy atom. The summed E-state index contributed by atoms with van der Waals surface area (Å²) in [5, 5.41) is 0. The van der Waals surface area contributed by atoms with E-state index in [4.69, 9.17) is 17.0 Å². The molecule has 4 heteroatoms. The van der Waals surface area contributed by atoms with Crippen LogP contribution in [0, 0.1) is 0 Å². The molecule has 2 aliphatic carbocycles. The molecule has 0 N–H and O–H groups in total. The van der Waals surface area contributed by atoms with Gasteiger partial charge in [-0.1, -0.05) is 0 Å².